The molecule has 0 amide bonds. The highest BCUT2D eigenvalue weighted by molar-refractivity contribution is 6.44. The van der Waals surface area contributed by atoms with Crippen LogP contribution in [0.15, 0.2) is 30.3 Å². The lowest BCUT2D eigenvalue weighted by atomic mass is 10.1. The maximum atomic E-state index is 11.0. The van der Waals surface area contributed by atoms with Gasteiger partial charge in [0, 0.05) is 22.8 Å². The summed E-state index contributed by atoms with van der Waals surface area (Å²) in [6, 6.07) is 8.18. The maximum absolute atomic E-state index is 11.0. The molecule has 0 aliphatic heterocycles. The second-order valence-electron chi connectivity index (χ2n) is 4.51. The van der Waals surface area contributed by atoms with E-state index in [-0.39, 0.29) is 5.56 Å². The molecule has 0 fully saturated rings. The molecule has 0 saturated carbocycles. The molecule has 0 bridgehead atoms. The van der Waals surface area contributed by atoms with Gasteiger partial charge < -0.3 is 10.4 Å². The maximum Gasteiger partial charge on any atom is 0.335 e. The monoisotopic (exact) mass is 343 g/mol. The lowest BCUT2D eigenvalue weighted by Gasteiger charge is -2.13. The third-order valence-corrected chi connectivity index (χ3v) is 4.28. The summed E-state index contributed by atoms with van der Waals surface area (Å²) in [6.45, 7) is 2.23. The van der Waals surface area contributed by atoms with Crippen LogP contribution in [0.5, 0.6) is 0 Å². The van der Waals surface area contributed by atoms with Crippen LogP contribution in [-0.4, -0.2) is 11.1 Å². The first kappa shape index (κ1) is 16.0. The van der Waals surface area contributed by atoms with Gasteiger partial charge in [0.1, 0.15) is 0 Å². The molecule has 2 aromatic rings. The number of aromatic carboxylic acids is 1. The van der Waals surface area contributed by atoms with Gasteiger partial charge in [-0.1, -0.05) is 40.9 Å². The van der Waals surface area contributed by atoms with E-state index >= 15 is 0 Å². The van der Waals surface area contributed by atoms with Gasteiger partial charge in [-0.3, -0.25) is 0 Å². The SMILES string of the molecule is Cc1ccc(C(=O)O)cc1NCc1c(Cl)ccc(Cl)c1Cl. The smallest absolute Gasteiger partial charge is 0.335 e. The van der Waals surface area contributed by atoms with Gasteiger partial charge in [0.15, 0.2) is 0 Å². The van der Waals surface area contributed by atoms with E-state index in [1.54, 1.807) is 30.3 Å². The second kappa shape index (κ2) is 6.56. The number of hydrogen-bond donors (Lipinski definition) is 2. The van der Waals surface area contributed by atoms with Crippen molar-refractivity contribution in [2.75, 3.05) is 5.32 Å². The summed E-state index contributed by atoms with van der Waals surface area (Å²) in [5, 5.41) is 13.5. The van der Waals surface area contributed by atoms with Crippen molar-refractivity contribution in [1.29, 1.82) is 0 Å². The Morgan fingerprint density at radius 1 is 1.14 bits per heavy atom. The summed E-state index contributed by atoms with van der Waals surface area (Å²) < 4.78 is 0. The lowest BCUT2D eigenvalue weighted by molar-refractivity contribution is 0.0697. The van der Waals surface area contributed by atoms with Gasteiger partial charge in [-0.25, -0.2) is 4.79 Å². The van der Waals surface area contributed by atoms with Crippen LogP contribution in [0.25, 0.3) is 0 Å². The van der Waals surface area contributed by atoms with Gasteiger partial charge in [0.05, 0.1) is 15.6 Å². The summed E-state index contributed by atoms with van der Waals surface area (Å²) in [5.74, 6) is -0.975. The van der Waals surface area contributed by atoms with Crippen molar-refractivity contribution in [3.8, 4) is 0 Å². The number of aryl methyl sites for hydroxylation is 1. The molecule has 0 radical (unpaired) electrons. The highest BCUT2D eigenvalue weighted by atomic mass is 35.5. The molecule has 110 valence electrons. The molecule has 0 saturated heterocycles. The fourth-order valence-corrected chi connectivity index (χ4v) is 2.54. The van der Waals surface area contributed by atoms with Crippen LogP contribution >= 0.6 is 34.8 Å². The average molecular weight is 345 g/mol. The van der Waals surface area contributed by atoms with Gasteiger partial charge in [-0.15, -0.1) is 0 Å². The summed E-state index contributed by atoms with van der Waals surface area (Å²) in [7, 11) is 0. The molecule has 0 spiro atoms. The Hall–Kier alpha value is -1.42. The molecule has 21 heavy (non-hydrogen) atoms. The number of rotatable bonds is 4. The Morgan fingerprint density at radius 3 is 2.48 bits per heavy atom. The predicted octanol–water partition coefficient (Wildman–Crippen LogP) is 5.27. The van der Waals surface area contributed by atoms with Crippen molar-refractivity contribution in [3.05, 3.63) is 62.1 Å². The Labute approximate surface area is 137 Å². The first-order valence-corrected chi connectivity index (χ1v) is 7.23. The van der Waals surface area contributed by atoms with E-state index in [4.69, 9.17) is 39.9 Å². The Bertz CT molecular complexity index is 702. The summed E-state index contributed by atoms with van der Waals surface area (Å²) in [4.78, 5) is 11.0. The van der Waals surface area contributed by atoms with Gasteiger partial charge >= 0.3 is 5.97 Å². The minimum absolute atomic E-state index is 0.214. The van der Waals surface area contributed by atoms with Crippen molar-refractivity contribution in [1.82, 2.24) is 0 Å². The average Bonchev–Trinajstić information content (AvgIpc) is 2.44. The summed E-state index contributed by atoms with van der Waals surface area (Å²) >= 11 is 18.2. The van der Waals surface area contributed by atoms with Crippen LogP contribution in [0.1, 0.15) is 21.5 Å². The van der Waals surface area contributed by atoms with E-state index in [0.717, 1.165) is 5.56 Å². The molecule has 0 aliphatic rings. The Kier molecular flexibility index (Phi) is 4.99. The Morgan fingerprint density at radius 2 is 1.81 bits per heavy atom. The van der Waals surface area contributed by atoms with Crippen LogP contribution < -0.4 is 5.32 Å². The van der Waals surface area contributed by atoms with Crippen molar-refractivity contribution in [2.24, 2.45) is 0 Å². The number of benzene rings is 2. The molecule has 2 rings (SSSR count). The van der Waals surface area contributed by atoms with Crippen LogP contribution in [0.2, 0.25) is 15.1 Å². The van der Waals surface area contributed by atoms with Gasteiger partial charge in [-0.05, 0) is 36.8 Å². The van der Waals surface area contributed by atoms with Crippen molar-refractivity contribution < 1.29 is 9.90 Å². The zero-order chi connectivity index (χ0) is 15.6. The van der Waals surface area contributed by atoms with Gasteiger partial charge in [-0.2, -0.15) is 0 Å². The molecule has 2 aromatic carbocycles. The normalized spacial score (nSPS) is 10.5. The minimum atomic E-state index is -0.975. The number of anilines is 1. The number of hydrogen-bond acceptors (Lipinski definition) is 2. The van der Waals surface area contributed by atoms with Crippen LogP contribution in [0, 0.1) is 6.92 Å². The van der Waals surface area contributed by atoms with E-state index in [1.165, 1.54) is 0 Å². The summed E-state index contributed by atoms with van der Waals surface area (Å²) in [6.07, 6.45) is 0. The largest absolute Gasteiger partial charge is 0.478 e. The van der Waals surface area contributed by atoms with Crippen molar-refractivity contribution in [3.63, 3.8) is 0 Å². The lowest BCUT2D eigenvalue weighted by Crippen LogP contribution is -2.05. The molecule has 0 aromatic heterocycles. The van der Waals surface area contributed by atoms with Crippen molar-refractivity contribution in [2.45, 2.75) is 13.5 Å². The second-order valence-corrected chi connectivity index (χ2v) is 5.70. The number of carboxylic acid groups (broad SMARTS) is 1. The third kappa shape index (κ3) is 3.62. The van der Waals surface area contributed by atoms with Gasteiger partial charge in [0.2, 0.25) is 0 Å². The van der Waals surface area contributed by atoms with E-state index in [2.05, 4.69) is 5.32 Å². The first-order valence-electron chi connectivity index (χ1n) is 6.10. The number of halogens is 3. The Balaban J connectivity index is 2.26. The van der Waals surface area contributed by atoms with E-state index in [1.807, 2.05) is 6.92 Å². The fraction of sp³-hybridized carbons (Fsp3) is 0.133. The fourth-order valence-electron chi connectivity index (χ4n) is 1.86. The third-order valence-electron chi connectivity index (χ3n) is 3.08. The van der Waals surface area contributed by atoms with Gasteiger partial charge in [0.25, 0.3) is 0 Å². The van der Waals surface area contributed by atoms with Crippen LogP contribution in [-0.2, 0) is 6.54 Å². The standard InChI is InChI=1S/C15H12Cl3NO2/c1-8-2-3-9(15(20)21)6-13(8)19-7-10-11(16)4-5-12(17)14(10)18/h2-6,19H,7H2,1H3,(H,20,21). The van der Waals surface area contributed by atoms with Crippen LogP contribution in [0.3, 0.4) is 0 Å². The number of carboxylic acids is 1. The molecule has 0 aliphatic carbocycles. The molecular formula is C15H12Cl3NO2. The molecule has 3 nitrogen and oxygen atoms in total. The quantitative estimate of drug-likeness (QED) is 0.743. The minimum Gasteiger partial charge on any atom is -0.478 e. The zero-order valence-electron chi connectivity index (χ0n) is 11.1. The molecule has 6 heteroatoms. The molecule has 2 N–H and O–H groups in total. The van der Waals surface area contributed by atoms with E-state index in [0.29, 0.717) is 32.9 Å². The number of carbonyl (C=O) groups is 1. The highest BCUT2D eigenvalue weighted by Gasteiger charge is 2.11. The molecular weight excluding hydrogens is 333 g/mol. The first-order chi connectivity index (χ1) is 9.90. The topological polar surface area (TPSA) is 49.3 Å². The highest BCUT2D eigenvalue weighted by Crippen LogP contribution is 2.32. The van der Waals surface area contributed by atoms with E-state index < -0.39 is 5.97 Å². The van der Waals surface area contributed by atoms with E-state index in [9.17, 15) is 4.79 Å². The molecule has 0 atom stereocenters. The van der Waals surface area contributed by atoms with Crippen LogP contribution in [0.4, 0.5) is 5.69 Å². The zero-order valence-corrected chi connectivity index (χ0v) is 13.4. The predicted molar refractivity (Wildman–Crippen MR) is 86.9 cm³/mol. The molecule has 0 heterocycles. The summed E-state index contributed by atoms with van der Waals surface area (Å²) in [5.41, 5.74) is 2.52. The molecule has 0 unspecified atom stereocenters. The van der Waals surface area contributed by atoms with Crippen molar-refractivity contribution >= 4 is 46.5 Å². The number of nitrogens with one attached hydrogen (secondary N) is 1.